The molecule has 1 rings (SSSR count). The summed E-state index contributed by atoms with van der Waals surface area (Å²) >= 11 is 0. The Morgan fingerprint density at radius 2 is 2.42 bits per heavy atom. The Balaban J connectivity index is 2.50. The smallest absolute Gasteiger partial charge is 0.331 e. The van der Waals surface area contributed by atoms with Crippen LogP contribution in [0.4, 0.5) is 0 Å². The molecule has 12 heavy (non-hydrogen) atoms. The van der Waals surface area contributed by atoms with E-state index in [1.54, 1.807) is 13.0 Å². The zero-order valence-corrected chi connectivity index (χ0v) is 7.41. The molecular weight excluding hydrogens is 156 g/mol. The second-order valence-electron chi connectivity index (χ2n) is 3.12. The first-order valence-corrected chi connectivity index (χ1v) is 4.18. The summed E-state index contributed by atoms with van der Waals surface area (Å²) in [7, 11) is 0. The van der Waals surface area contributed by atoms with E-state index in [-0.39, 0.29) is 6.10 Å². The lowest BCUT2D eigenvalue weighted by atomic mass is 9.94. The Kier molecular flexibility index (Phi) is 2.87. The summed E-state index contributed by atoms with van der Waals surface area (Å²) in [6.07, 6.45) is 2.78. The van der Waals surface area contributed by atoms with Gasteiger partial charge in [0.2, 0.25) is 0 Å². The van der Waals surface area contributed by atoms with E-state index < -0.39 is 5.97 Å². The Morgan fingerprint density at radius 1 is 1.75 bits per heavy atom. The van der Waals surface area contributed by atoms with Crippen LogP contribution in [0.1, 0.15) is 20.3 Å². The molecule has 2 unspecified atom stereocenters. The fourth-order valence-corrected chi connectivity index (χ4v) is 1.20. The van der Waals surface area contributed by atoms with Gasteiger partial charge < -0.3 is 9.84 Å². The third-order valence-corrected chi connectivity index (χ3v) is 2.24. The minimum atomic E-state index is -0.861. The highest BCUT2D eigenvalue weighted by molar-refractivity contribution is 5.85. The van der Waals surface area contributed by atoms with Crippen LogP contribution in [0.15, 0.2) is 11.6 Å². The summed E-state index contributed by atoms with van der Waals surface area (Å²) in [6.45, 7) is 4.45. The molecule has 0 aromatic carbocycles. The molecule has 2 atom stereocenters. The molecule has 1 fully saturated rings. The van der Waals surface area contributed by atoms with Gasteiger partial charge in [0.15, 0.2) is 0 Å². The molecule has 0 bridgehead atoms. The standard InChI is InChI=1S/C9H14O3/c1-3-7-5-12-8(7)4-6(2)9(10)11/h4,7-8H,3,5H2,1-2H3,(H,10,11). The van der Waals surface area contributed by atoms with E-state index in [1.807, 2.05) is 0 Å². The maximum atomic E-state index is 10.4. The molecule has 0 radical (unpaired) electrons. The minimum Gasteiger partial charge on any atom is -0.478 e. The maximum Gasteiger partial charge on any atom is 0.331 e. The lowest BCUT2D eigenvalue weighted by Gasteiger charge is -2.34. The lowest BCUT2D eigenvalue weighted by molar-refractivity contribution is -0.133. The molecule has 1 N–H and O–H groups in total. The second kappa shape index (κ2) is 3.72. The molecule has 0 spiro atoms. The lowest BCUT2D eigenvalue weighted by Crippen LogP contribution is -2.38. The molecular formula is C9H14O3. The Labute approximate surface area is 72.0 Å². The van der Waals surface area contributed by atoms with Gasteiger partial charge in [0.25, 0.3) is 0 Å². The van der Waals surface area contributed by atoms with Crippen molar-refractivity contribution in [2.75, 3.05) is 6.61 Å². The normalized spacial score (nSPS) is 29.7. The predicted octanol–water partition coefficient (Wildman–Crippen LogP) is 1.44. The Morgan fingerprint density at radius 3 is 2.75 bits per heavy atom. The van der Waals surface area contributed by atoms with E-state index in [9.17, 15) is 4.79 Å². The maximum absolute atomic E-state index is 10.4. The number of hydrogen-bond acceptors (Lipinski definition) is 2. The molecule has 1 aliphatic rings. The van der Waals surface area contributed by atoms with Gasteiger partial charge in [-0.05, 0) is 19.4 Å². The van der Waals surface area contributed by atoms with Crippen molar-refractivity contribution in [3.63, 3.8) is 0 Å². The molecule has 0 saturated carbocycles. The van der Waals surface area contributed by atoms with Crippen molar-refractivity contribution in [1.82, 2.24) is 0 Å². The van der Waals surface area contributed by atoms with Gasteiger partial charge in [-0.25, -0.2) is 4.79 Å². The van der Waals surface area contributed by atoms with Crippen LogP contribution < -0.4 is 0 Å². The van der Waals surface area contributed by atoms with Crippen molar-refractivity contribution in [2.24, 2.45) is 5.92 Å². The van der Waals surface area contributed by atoms with Gasteiger partial charge in [-0.15, -0.1) is 0 Å². The zero-order valence-electron chi connectivity index (χ0n) is 7.41. The first-order valence-electron chi connectivity index (χ1n) is 4.18. The number of carbonyl (C=O) groups is 1. The molecule has 68 valence electrons. The highest BCUT2D eigenvalue weighted by Crippen LogP contribution is 2.25. The van der Waals surface area contributed by atoms with Crippen LogP contribution in [-0.4, -0.2) is 23.8 Å². The summed E-state index contributed by atoms with van der Waals surface area (Å²) in [5.74, 6) is -0.348. The first kappa shape index (κ1) is 9.26. The summed E-state index contributed by atoms with van der Waals surface area (Å²) in [4.78, 5) is 10.4. The number of rotatable bonds is 3. The molecule has 0 aliphatic carbocycles. The number of carboxylic acid groups (broad SMARTS) is 1. The van der Waals surface area contributed by atoms with Gasteiger partial charge in [0.1, 0.15) is 0 Å². The molecule has 1 aliphatic heterocycles. The third kappa shape index (κ3) is 1.85. The van der Waals surface area contributed by atoms with Crippen molar-refractivity contribution in [3.05, 3.63) is 11.6 Å². The highest BCUT2D eigenvalue weighted by atomic mass is 16.5. The number of ether oxygens (including phenoxy) is 1. The van der Waals surface area contributed by atoms with Crippen molar-refractivity contribution >= 4 is 5.97 Å². The summed E-state index contributed by atoms with van der Waals surface area (Å²) in [6, 6.07) is 0. The van der Waals surface area contributed by atoms with Gasteiger partial charge in [-0.3, -0.25) is 0 Å². The van der Waals surface area contributed by atoms with Crippen molar-refractivity contribution in [2.45, 2.75) is 26.4 Å². The molecule has 3 heteroatoms. The highest BCUT2D eigenvalue weighted by Gasteiger charge is 2.28. The summed E-state index contributed by atoms with van der Waals surface area (Å²) in [5, 5.41) is 8.59. The van der Waals surface area contributed by atoms with Crippen molar-refractivity contribution < 1.29 is 14.6 Å². The molecule has 1 heterocycles. The average molecular weight is 170 g/mol. The van der Waals surface area contributed by atoms with E-state index >= 15 is 0 Å². The third-order valence-electron chi connectivity index (χ3n) is 2.24. The van der Waals surface area contributed by atoms with E-state index in [1.165, 1.54) is 0 Å². The van der Waals surface area contributed by atoms with E-state index in [4.69, 9.17) is 9.84 Å². The van der Waals surface area contributed by atoms with Crippen LogP contribution in [0.25, 0.3) is 0 Å². The molecule has 0 amide bonds. The van der Waals surface area contributed by atoms with E-state index in [0.717, 1.165) is 13.0 Å². The number of hydrogen-bond donors (Lipinski definition) is 1. The fraction of sp³-hybridized carbons (Fsp3) is 0.667. The van der Waals surface area contributed by atoms with Gasteiger partial charge in [-0.2, -0.15) is 0 Å². The van der Waals surface area contributed by atoms with Crippen LogP contribution in [0, 0.1) is 5.92 Å². The monoisotopic (exact) mass is 170 g/mol. The molecule has 3 nitrogen and oxygen atoms in total. The van der Waals surface area contributed by atoms with Crippen LogP contribution in [0.2, 0.25) is 0 Å². The van der Waals surface area contributed by atoms with Crippen molar-refractivity contribution in [1.29, 1.82) is 0 Å². The predicted molar refractivity (Wildman–Crippen MR) is 44.9 cm³/mol. The van der Waals surface area contributed by atoms with E-state index in [2.05, 4.69) is 6.92 Å². The summed E-state index contributed by atoms with van der Waals surface area (Å²) < 4.78 is 5.22. The second-order valence-corrected chi connectivity index (χ2v) is 3.12. The topological polar surface area (TPSA) is 46.5 Å². The zero-order chi connectivity index (χ0) is 9.14. The Hall–Kier alpha value is -0.830. The van der Waals surface area contributed by atoms with Crippen LogP contribution in [0.5, 0.6) is 0 Å². The minimum absolute atomic E-state index is 0.0334. The van der Waals surface area contributed by atoms with Crippen LogP contribution in [-0.2, 0) is 9.53 Å². The van der Waals surface area contributed by atoms with Gasteiger partial charge in [0, 0.05) is 11.5 Å². The molecule has 1 saturated heterocycles. The van der Waals surface area contributed by atoms with Crippen LogP contribution >= 0.6 is 0 Å². The quantitative estimate of drug-likeness (QED) is 0.652. The number of carboxylic acids is 1. The average Bonchev–Trinajstić information content (AvgIpc) is 1.98. The largest absolute Gasteiger partial charge is 0.478 e. The molecule has 0 aromatic heterocycles. The van der Waals surface area contributed by atoms with Crippen LogP contribution in [0.3, 0.4) is 0 Å². The van der Waals surface area contributed by atoms with Crippen molar-refractivity contribution in [3.8, 4) is 0 Å². The molecule has 0 aromatic rings. The van der Waals surface area contributed by atoms with E-state index in [0.29, 0.717) is 11.5 Å². The summed E-state index contributed by atoms with van der Waals surface area (Å²) in [5.41, 5.74) is 0.373. The fourth-order valence-electron chi connectivity index (χ4n) is 1.20. The number of aliphatic carboxylic acids is 1. The SMILES string of the molecule is CCC1COC1C=C(C)C(=O)O. The van der Waals surface area contributed by atoms with Gasteiger partial charge in [-0.1, -0.05) is 6.92 Å². The van der Waals surface area contributed by atoms with Gasteiger partial charge in [0.05, 0.1) is 12.7 Å². The first-order chi connectivity index (χ1) is 5.65. The van der Waals surface area contributed by atoms with Gasteiger partial charge >= 0.3 is 5.97 Å². The Bertz CT molecular complexity index is 206.